The fourth-order valence-corrected chi connectivity index (χ4v) is 3.73. The molecule has 0 saturated carbocycles. The zero-order valence-corrected chi connectivity index (χ0v) is 14.4. The van der Waals surface area contributed by atoms with Crippen LogP contribution < -0.4 is 0 Å². The molecule has 0 bridgehead atoms. The lowest BCUT2D eigenvalue weighted by molar-refractivity contribution is -0.144. The number of amides is 2. The highest BCUT2D eigenvalue weighted by molar-refractivity contribution is 7.99. The highest BCUT2D eigenvalue weighted by Gasteiger charge is 2.35. The zero-order valence-electron chi connectivity index (χ0n) is 13.6. The summed E-state index contributed by atoms with van der Waals surface area (Å²) in [6.07, 6.45) is -0.282. The number of hydrogen-bond acceptors (Lipinski definition) is 4. The molecule has 1 aliphatic heterocycles. The van der Waals surface area contributed by atoms with E-state index in [2.05, 4.69) is 0 Å². The molecule has 0 aliphatic carbocycles. The predicted molar refractivity (Wildman–Crippen MR) is 87.7 cm³/mol. The first-order valence-corrected chi connectivity index (χ1v) is 8.74. The molecule has 1 fully saturated rings. The van der Waals surface area contributed by atoms with Crippen molar-refractivity contribution >= 4 is 29.5 Å². The van der Waals surface area contributed by atoms with Crippen LogP contribution in [0.4, 0.5) is 8.78 Å². The second-order valence-corrected chi connectivity index (χ2v) is 6.66. The van der Waals surface area contributed by atoms with Gasteiger partial charge < -0.3 is 14.9 Å². The lowest BCUT2D eigenvalue weighted by atomic mass is 10.1. The molecular formula is C16H18F2N2O4S. The number of nitrogens with zero attached hydrogens (tertiary/aromatic N) is 2. The summed E-state index contributed by atoms with van der Waals surface area (Å²) >= 11 is 1.43. The minimum absolute atomic E-state index is 0.0593. The molecular weight excluding hydrogens is 354 g/mol. The molecule has 2 rings (SSSR count). The second-order valence-electron chi connectivity index (χ2n) is 5.66. The van der Waals surface area contributed by atoms with Crippen LogP contribution in [-0.2, 0) is 20.9 Å². The third kappa shape index (κ3) is 4.91. The lowest BCUT2D eigenvalue weighted by Crippen LogP contribution is -2.48. The fraction of sp³-hybridized carbons (Fsp3) is 0.438. The Hall–Kier alpha value is -2.16. The van der Waals surface area contributed by atoms with Crippen LogP contribution in [0.2, 0.25) is 0 Å². The van der Waals surface area contributed by atoms with Crippen molar-refractivity contribution in [2.75, 3.05) is 18.2 Å². The van der Waals surface area contributed by atoms with E-state index < -0.39 is 29.6 Å². The van der Waals surface area contributed by atoms with E-state index in [-0.39, 0.29) is 25.4 Å². The molecule has 6 nitrogen and oxygen atoms in total. The molecule has 1 N–H and O–H groups in total. The van der Waals surface area contributed by atoms with Crippen molar-refractivity contribution in [3.8, 4) is 0 Å². The van der Waals surface area contributed by atoms with E-state index in [9.17, 15) is 23.2 Å². The first-order valence-electron chi connectivity index (χ1n) is 7.59. The molecule has 136 valence electrons. The van der Waals surface area contributed by atoms with Crippen LogP contribution >= 0.6 is 11.8 Å². The van der Waals surface area contributed by atoms with Crippen molar-refractivity contribution < 1.29 is 28.3 Å². The summed E-state index contributed by atoms with van der Waals surface area (Å²) in [6.45, 7) is 1.22. The first kappa shape index (κ1) is 19.2. The Balaban J connectivity index is 2.19. The van der Waals surface area contributed by atoms with Crippen LogP contribution in [0.1, 0.15) is 18.9 Å². The Morgan fingerprint density at radius 3 is 2.64 bits per heavy atom. The number of thioether (sulfide) groups is 1. The minimum Gasteiger partial charge on any atom is -0.481 e. The van der Waals surface area contributed by atoms with Gasteiger partial charge in [-0.1, -0.05) is 6.07 Å². The normalized spacial score (nSPS) is 16.8. The van der Waals surface area contributed by atoms with Gasteiger partial charge in [-0.2, -0.15) is 0 Å². The maximum atomic E-state index is 13.4. The third-order valence-electron chi connectivity index (χ3n) is 3.84. The molecule has 9 heteroatoms. The van der Waals surface area contributed by atoms with E-state index in [1.165, 1.54) is 34.6 Å². The molecule has 1 aliphatic rings. The van der Waals surface area contributed by atoms with Crippen LogP contribution in [0.15, 0.2) is 18.2 Å². The summed E-state index contributed by atoms with van der Waals surface area (Å²) in [4.78, 5) is 38.0. The molecule has 1 aromatic carbocycles. The predicted octanol–water partition coefficient (Wildman–Crippen LogP) is 1.69. The van der Waals surface area contributed by atoms with Crippen molar-refractivity contribution in [2.45, 2.75) is 25.9 Å². The number of rotatable bonds is 6. The third-order valence-corrected chi connectivity index (χ3v) is 4.85. The monoisotopic (exact) mass is 372 g/mol. The van der Waals surface area contributed by atoms with Gasteiger partial charge in [0.1, 0.15) is 6.04 Å². The van der Waals surface area contributed by atoms with Gasteiger partial charge in [0, 0.05) is 25.8 Å². The molecule has 1 saturated heterocycles. The molecule has 1 atom stereocenters. The zero-order chi connectivity index (χ0) is 18.6. The quantitative estimate of drug-likeness (QED) is 0.822. The van der Waals surface area contributed by atoms with Gasteiger partial charge in [0.2, 0.25) is 11.8 Å². The topological polar surface area (TPSA) is 77.9 Å². The standard InChI is InChI=1S/C16H18F2N2O4S/c1-10(21)20-9-25-8-14(20)16(24)19(5-4-15(22)23)7-11-2-3-12(17)13(18)6-11/h2-3,6,14H,4-5,7-9H2,1H3,(H,22,23). The van der Waals surface area contributed by atoms with Crippen LogP contribution in [-0.4, -0.2) is 56.9 Å². The summed E-state index contributed by atoms with van der Waals surface area (Å²) in [5, 5.41) is 8.88. The van der Waals surface area contributed by atoms with E-state index in [4.69, 9.17) is 5.11 Å². The van der Waals surface area contributed by atoms with E-state index >= 15 is 0 Å². The van der Waals surface area contributed by atoms with Crippen molar-refractivity contribution in [3.63, 3.8) is 0 Å². The smallest absolute Gasteiger partial charge is 0.305 e. The number of carboxylic acid groups (broad SMARTS) is 1. The van der Waals surface area contributed by atoms with E-state index in [0.717, 1.165) is 12.1 Å². The number of carbonyl (C=O) groups is 3. The number of aliphatic carboxylic acids is 1. The first-order chi connectivity index (χ1) is 11.8. The average Bonchev–Trinajstić information content (AvgIpc) is 3.03. The number of carbonyl (C=O) groups excluding carboxylic acids is 2. The maximum Gasteiger partial charge on any atom is 0.305 e. The molecule has 1 unspecified atom stereocenters. The minimum atomic E-state index is -1.08. The molecule has 0 aromatic heterocycles. The van der Waals surface area contributed by atoms with Gasteiger partial charge in [-0.15, -0.1) is 11.8 Å². The van der Waals surface area contributed by atoms with Crippen molar-refractivity contribution in [1.82, 2.24) is 9.80 Å². The van der Waals surface area contributed by atoms with E-state index in [1.54, 1.807) is 0 Å². The molecule has 1 heterocycles. The maximum absolute atomic E-state index is 13.4. The van der Waals surface area contributed by atoms with Gasteiger partial charge in [-0.25, -0.2) is 8.78 Å². The molecule has 25 heavy (non-hydrogen) atoms. The fourth-order valence-electron chi connectivity index (χ4n) is 2.52. The SMILES string of the molecule is CC(=O)N1CSCC1C(=O)N(CCC(=O)O)Cc1ccc(F)c(F)c1. The van der Waals surface area contributed by atoms with Crippen LogP contribution in [0, 0.1) is 11.6 Å². The Bertz CT molecular complexity index is 686. The van der Waals surface area contributed by atoms with Gasteiger partial charge in [0.05, 0.1) is 12.3 Å². The summed E-state index contributed by atoms with van der Waals surface area (Å²) in [7, 11) is 0. The number of hydrogen-bond donors (Lipinski definition) is 1. The summed E-state index contributed by atoms with van der Waals surface area (Å²) in [5.74, 6) is -2.94. The Labute approximate surface area is 147 Å². The Morgan fingerprint density at radius 2 is 2.04 bits per heavy atom. The number of halogens is 2. The van der Waals surface area contributed by atoms with Gasteiger partial charge in [-0.05, 0) is 17.7 Å². The van der Waals surface area contributed by atoms with Crippen LogP contribution in [0.5, 0.6) is 0 Å². The van der Waals surface area contributed by atoms with Crippen molar-refractivity contribution in [3.05, 3.63) is 35.4 Å². The van der Waals surface area contributed by atoms with Crippen LogP contribution in [0.25, 0.3) is 0 Å². The van der Waals surface area contributed by atoms with Gasteiger partial charge in [0.25, 0.3) is 0 Å². The molecule has 2 amide bonds. The van der Waals surface area contributed by atoms with Gasteiger partial charge in [0.15, 0.2) is 11.6 Å². The van der Waals surface area contributed by atoms with E-state index in [0.29, 0.717) is 17.2 Å². The molecule has 1 aromatic rings. The Morgan fingerprint density at radius 1 is 1.32 bits per heavy atom. The summed E-state index contributed by atoms with van der Waals surface area (Å²) < 4.78 is 26.4. The largest absolute Gasteiger partial charge is 0.481 e. The molecule has 0 spiro atoms. The van der Waals surface area contributed by atoms with Crippen molar-refractivity contribution in [2.24, 2.45) is 0 Å². The average molecular weight is 372 g/mol. The van der Waals surface area contributed by atoms with Crippen molar-refractivity contribution in [1.29, 1.82) is 0 Å². The second kappa shape index (κ2) is 8.28. The Kier molecular flexibility index (Phi) is 6.35. The van der Waals surface area contributed by atoms with Gasteiger partial charge in [-0.3, -0.25) is 14.4 Å². The summed E-state index contributed by atoms with van der Waals surface area (Å²) in [5.41, 5.74) is 0.345. The number of benzene rings is 1. The highest BCUT2D eigenvalue weighted by atomic mass is 32.2. The van der Waals surface area contributed by atoms with Gasteiger partial charge >= 0.3 is 5.97 Å². The van der Waals surface area contributed by atoms with E-state index in [1.807, 2.05) is 0 Å². The highest BCUT2D eigenvalue weighted by Crippen LogP contribution is 2.23. The summed E-state index contributed by atoms with van der Waals surface area (Å²) in [6, 6.07) is 2.59. The number of carboxylic acids is 1. The van der Waals surface area contributed by atoms with Crippen LogP contribution in [0.3, 0.4) is 0 Å². The lowest BCUT2D eigenvalue weighted by Gasteiger charge is -2.29. The molecule has 0 radical (unpaired) electrons.